The second-order valence-electron chi connectivity index (χ2n) is 28.3. The zero-order chi connectivity index (χ0) is 123. The van der Waals surface area contributed by atoms with Gasteiger partial charge in [-0.15, -0.1) is 13.5 Å². The average Bonchev–Trinajstić information content (AvgIpc) is 0.709. The van der Waals surface area contributed by atoms with Crippen LogP contribution in [0, 0.1) is 0 Å². The van der Waals surface area contributed by atoms with Crippen molar-refractivity contribution < 1.29 is 418 Å². The Labute approximate surface area is 751 Å². The predicted octanol–water partition coefficient (Wildman–Crippen LogP) is 32.3. The second-order valence-corrected chi connectivity index (χ2v) is 34.9. The third-order valence-electron chi connectivity index (χ3n) is 17.9. The highest BCUT2D eigenvalue weighted by Crippen LogP contribution is 2.84. The third-order valence-corrected chi connectivity index (χ3v) is 26.1. The molecule has 2 unspecified atom stereocenters. The van der Waals surface area contributed by atoms with E-state index in [1.54, 1.807) is 0 Å². The second kappa shape index (κ2) is 37.2. The smallest absolute Gasteiger partial charge is 0.300 e. The summed E-state index contributed by atoms with van der Waals surface area (Å²) in [5.74, 6) is -360. The minimum absolute atomic E-state index is 0.163. The van der Waals surface area contributed by atoms with Gasteiger partial charge in [0.25, 0.3) is 0 Å². The molecule has 0 N–H and O–H groups in total. The summed E-state index contributed by atoms with van der Waals surface area (Å²) in [5.41, 5.74) is -8.75. The van der Waals surface area contributed by atoms with Gasteiger partial charge in [-0.25, -0.2) is 4.39 Å². The maximum absolute atomic E-state index is 16.1. The fourth-order valence-electron chi connectivity index (χ4n) is 8.62. The van der Waals surface area contributed by atoms with E-state index in [1.165, 1.54) is 0 Å². The van der Waals surface area contributed by atoms with Crippen LogP contribution in [0.3, 0.4) is 0 Å². The first-order valence-electron chi connectivity index (χ1n) is 32.5. The molecule has 101 heteroatoms. The van der Waals surface area contributed by atoms with Crippen LogP contribution in [0.4, 0.5) is 391 Å². The maximum atomic E-state index is 16.1. The largest absolute Gasteiger partial charge is 0.460 e. The SMILES string of the molecule is CC(F)(C(F)(F)C(F)(F)F)C(F)(F)C(F)(F)C(F)(F)C(F)(F)COP1(OCC(F)(F)C(F)(F)C(F)(F)C(F)(F)C(F)(F)C(F)(F)C(F)(F)F)=NP(OCC(F)(F)C(F)(F)C(F)(F)C(F)(F)C(F)(F)C(F)(F)C(F)(F)F)(OCC(F)(F)C(F)(F)C(F)(F)C(F)(F)C(F)(F)C(F)(F)C(F)(F)F)=NP(OCC(F)(F)C(F)(F)C(F)(F)C(F)(F)C(F)(F)C(F)(F)C(F)(F)F)(OCC(F)(F)C(F)(F)C(F)(F)C(F)(F)C(F)(F)C(F)(F)C(F)(F)F)=N1. The predicted molar refractivity (Wildman–Crippen MR) is 283 cm³/mol. The van der Waals surface area contributed by atoms with Gasteiger partial charge in [-0.1, -0.05) is 0 Å². The molecular formula is C49H15F89N3O6P3. The van der Waals surface area contributed by atoms with Crippen LogP contribution >= 0.6 is 23.0 Å². The first-order chi connectivity index (χ1) is 63.4. The highest BCUT2D eigenvalue weighted by Gasteiger charge is 3.01. The summed E-state index contributed by atoms with van der Waals surface area (Å²) in [7, 11) is -35.2. The van der Waals surface area contributed by atoms with Gasteiger partial charge in [-0.05, 0) is 6.92 Å². The van der Waals surface area contributed by atoms with E-state index in [2.05, 4.69) is 27.1 Å². The summed E-state index contributed by atoms with van der Waals surface area (Å²) in [6, 6.07) is 0. The lowest BCUT2D eigenvalue weighted by atomic mass is 9.84. The Morgan fingerprint density at radius 3 is 0.287 bits per heavy atom. The lowest BCUT2D eigenvalue weighted by molar-refractivity contribution is -0.453. The van der Waals surface area contributed by atoms with Crippen molar-refractivity contribution in [2.45, 2.75) is 257 Å². The van der Waals surface area contributed by atoms with Crippen LogP contribution in [-0.2, 0) is 27.1 Å². The van der Waals surface area contributed by atoms with E-state index in [1.807, 2.05) is 0 Å². The van der Waals surface area contributed by atoms with Crippen molar-refractivity contribution in [2.24, 2.45) is 13.5 Å². The van der Waals surface area contributed by atoms with Gasteiger partial charge in [0.1, 0.15) is 39.6 Å². The molecule has 900 valence electrons. The molecule has 0 radical (unpaired) electrons. The lowest BCUT2D eigenvalue weighted by Crippen LogP contribution is -2.73. The molecule has 1 aliphatic rings. The van der Waals surface area contributed by atoms with Crippen molar-refractivity contribution >= 4 is 23.0 Å². The molecule has 0 saturated carbocycles. The topological polar surface area (TPSA) is 92.5 Å². The minimum atomic E-state index is -11.7. The van der Waals surface area contributed by atoms with E-state index in [4.69, 9.17) is 0 Å². The van der Waals surface area contributed by atoms with Crippen molar-refractivity contribution in [3.63, 3.8) is 0 Å². The van der Waals surface area contributed by atoms with Crippen molar-refractivity contribution in [1.29, 1.82) is 0 Å². The van der Waals surface area contributed by atoms with Crippen LogP contribution in [0.25, 0.3) is 0 Å². The van der Waals surface area contributed by atoms with Crippen LogP contribution < -0.4 is 0 Å². The summed E-state index contributed by atoms with van der Waals surface area (Å²) in [6.45, 7) is -44.7. The van der Waals surface area contributed by atoms with Crippen molar-refractivity contribution in [3.05, 3.63) is 0 Å². The van der Waals surface area contributed by atoms with Gasteiger partial charge in [0, 0.05) is 0 Å². The van der Waals surface area contributed by atoms with Crippen LogP contribution in [0.15, 0.2) is 13.5 Å². The molecule has 0 aromatic carbocycles. The molecule has 0 amide bonds. The molecule has 0 aromatic rings. The van der Waals surface area contributed by atoms with E-state index in [-0.39, 0.29) is 13.5 Å². The molecule has 0 fully saturated rings. The average molecular weight is 2530 g/mol. The van der Waals surface area contributed by atoms with Gasteiger partial charge >= 0.3 is 267 Å². The number of nitrogens with zero attached hydrogens (tertiary/aromatic N) is 3. The molecule has 1 rings (SSSR count). The van der Waals surface area contributed by atoms with Gasteiger partial charge in [0.2, 0.25) is 5.67 Å². The van der Waals surface area contributed by atoms with Gasteiger partial charge in [0.15, 0.2) is 0 Å². The van der Waals surface area contributed by atoms with Crippen LogP contribution in [0.5, 0.6) is 0 Å². The molecule has 0 spiro atoms. The molecule has 9 nitrogen and oxygen atoms in total. The summed E-state index contributed by atoms with van der Waals surface area (Å²) >= 11 is 0. The number of alkyl halides is 89. The monoisotopic (exact) mass is 2520 g/mol. The normalized spacial score (nSPS) is 19.4. The molecule has 0 saturated heterocycles. The minimum Gasteiger partial charge on any atom is -0.300 e. The Balaban J connectivity index is 6.84. The number of hydrogen-bond donors (Lipinski definition) is 0. The van der Waals surface area contributed by atoms with Gasteiger partial charge in [-0.3, -0.25) is 27.1 Å². The molecule has 0 bridgehead atoms. The molecule has 0 aliphatic carbocycles. The Kier molecular flexibility index (Phi) is 35.2. The summed E-state index contributed by atoms with van der Waals surface area (Å²) < 4.78 is 1310. The molecule has 2 atom stereocenters. The molecule has 0 aromatic heterocycles. The Bertz CT molecular complexity index is 4150. The molecule has 1 heterocycles. The summed E-state index contributed by atoms with van der Waals surface area (Å²) in [6.07, 6.45) is -54.7. The molecule has 150 heavy (non-hydrogen) atoms. The number of hydrogen-bond acceptors (Lipinski definition) is 9. The Morgan fingerprint density at radius 2 is 0.193 bits per heavy atom. The van der Waals surface area contributed by atoms with Gasteiger partial charge in [0.05, 0.1) is 0 Å². The first kappa shape index (κ1) is 142. The van der Waals surface area contributed by atoms with E-state index in [9.17, 15) is 224 Å². The maximum Gasteiger partial charge on any atom is 0.460 e. The quantitative estimate of drug-likeness (QED) is 0.0445. The van der Waals surface area contributed by atoms with Crippen molar-refractivity contribution in [3.8, 4) is 0 Å². The van der Waals surface area contributed by atoms with E-state index in [0.29, 0.717) is 0 Å². The third kappa shape index (κ3) is 19.8. The van der Waals surface area contributed by atoms with Crippen molar-refractivity contribution in [2.75, 3.05) is 39.6 Å². The van der Waals surface area contributed by atoms with E-state index < -0.39 is 320 Å². The Morgan fingerprint density at radius 1 is 0.113 bits per heavy atom. The van der Waals surface area contributed by atoms with E-state index in [0.717, 1.165) is 0 Å². The highest BCUT2D eigenvalue weighted by atomic mass is 31.3. The fourth-order valence-corrected chi connectivity index (χ4v) is 18.1. The zero-order valence-corrected chi connectivity index (χ0v) is 67.7. The van der Waals surface area contributed by atoms with Crippen LogP contribution in [0.2, 0.25) is 0 Å². The van der Waals surface area contributed by atoms with Gasteiger partial charge in [-0.2, -0.15) is 386 Å². The van der Waals surface area contributed by atoms with Crippen LogP contribution in [0.1, 0.15) is 6.92 Å². The van der Waals surface area contributed by atoms with E-state index >= 15 is 167 Å². The Hall–Kier alpha value is -5.78. The molecule has 1 aliphatic heterocycles. The lowest BCUT2D eigenvalue weighted by Gasteiger charge is -2.44. The molecular weight excluding hydrogens is 2510 g/mol. The highest BCUT2D eigenvalue weighted by molar-refractivity contribution is 7.78. The van der Waals surface area contributed by atoms with Gasteiger partial charge < -0.3 is 0 Å². The number of rotatable bonds is 48. The summed E-state index contributed by atoms with van der Waals surface area (Å²) in [4.78, 5) is 0. The summed E-state index contributed by atoms with van der Waals surface area (Å²) in [5, 5.41) is 0. The first-order valence-corrected chi connectivity index (χ1v) is 37.1. The fraction of sp³-hybridized carbons (Fsp3) is 1.00. The number of halogens is 89. The standard InChI is InChI=1S/C49H15F89N3O6P3/c1-8(50,16(65,66)44(121,122)123)15(63,64)23(79,80)17(67,68)9(51,52)2-142-148(143-3-10(53,54)18(69,70)24(81,82)29(91,92)34(101,102)39(111,112)45(124,125)126)139-149(144-4-11(55,56)19(71,72)25(83,84)30(93,94)35(103,104)40(113,114)46(127,128)129,145-5-12(57,58)20(73,74)26(85,86)31(95,96)36(105,106)41(115,116)47(130,131)132)141-150(140-148,146-6-13(59,60)21(75,76)27(87,88)32(97,98)37(107,108)42(117,118)48(133,134)135)147-7-14(61,62)22(77,78)28(89,90)33(99,100)38(109,110)43(119,120)49(136,137)138/h2-7H2,1H3. The zero-order valence-electron chi connectivity index (χ0n) is 65.0. The van der Waals surface area contributed by atoms with Crippen LogP contribution in [-0.4, -0.2) is 290 Å². The van der Waals surface area contributed by atoms with Crippen molar-refractivity contribution in [1.82, 2.24) is 0 Å².